The second-order valence-corrected chi connectivity index (χ2v) is 8.42. The highest BCUT2D eigenvalue weighted by atomic mass is 32.1. The quantitative estimate of drug-likeness (QED) is 0.638. The molecule has 3 rings (SSSR count). The van der Waals surface area contributed by atoms with E-state index in [0.717, 1.165) is 31.9 Å². The van der Waals surface area contributed by atoms with Crippen LogP contribution in [0.5, 0.6) is 0 Å². The van der Waals surface area contributed by atoms with Gasteiger partial charge in [-0.25, -0.2) is 4.79 Å². The summed E-state index contributed by atoms with van der Waals surface area (Å²) in [5.74, 6) is -0.324. The van der Waals surface area contributed by atoms with Crippen LogP contribution >= 0.6 is 23.6 Å². The van der Waals surface area contributed by atoms with Crippen LogP contribution in [0.2, 0.25) is 0 Å². The van der Waals surface area contributed by atoms with Crippen LogP contribution in [-0.4, -0.2) is 59.7 Å². The lowest BCUT2D eigenvalue weighted by atomic mass is 9.81. The number of carbonyl (C=O) groups is 1. The first-order valence-corrected chi connectivity index (χ1v) is 10.3. The molecule has 2 aliphatic rings. The summed E-state index contributed by atoms with van der Waals surface area (Å²) in [5.41, 5.74) is 1.11. The van der Waals surface area contributed by atoms with E-state index >= 15 is 0 Å². The van der Waals surface area contributed by atoms with E-state index in [1.54, 1.807) is 0 Å². The normalized spacial score (nSPS) is 21.0. The lowest BCUT2D eigenvalue weighted by Crippen LogP contribution is -2.57. The highest BCUT2D eigenvalue weighted by Crippen LogP contribution is 2.34. The van der Waals surface area contributed by atoms with Crippen molar-refractivity contribution in [2.24, 2.45) is 0 Å². The van der Waals surface area contributed by atoms with E-state index in [9.17, 15) is 4.79 Å². The van der Waals surface area contributed by atoms with E-state index < -0.39 is 0 Å². The minimum absolute atomic E-state index is 0.324. The van der Waals surface area contributed by atoms with Crippen molar-refractivity contribution in [2.45, 2.75) is 44.6 Å². The highest BCUT2D eigenvalue weighted by molar-refractivity contribution is 7.80. The number of rotatable bonds is 3. The Morgan fingerprint density at radius 2 is 1.92 bits per heavy atom. The first kappa shape index (κ1) is 18.6. The summed E-state index contributed by atoms with van der Waals surface area (Å²) in [6, 6.07) is 1.88. The van der Waals surface area contributed by atoms with Gasteiger partial charge in [-0.05, 0) is 43.4 Å². The molecule has 0 radical (unpaired) electrons. The molecule has 2 fully saturated rings. The van der Waals surface area contributed by atoms with Crippen LogP contribution in [0, 0.1) is 0 Å². The molecule has 0 spiro atoms. The zero-order valence-corrected chi connectivity index (χ0v) is 16.7. The van der Waals surface area contributed by atoms with Crippen molar-refractivity contribution in [3.05, 3.63) is 16.3 Å². The maximum atomic E-state index is 11.8. The van der Waals surface area contributed by atoms with Crippen molar-refractivity contribution < 1.29 is 9.53 Å². The molecule has 0 atom stereocenters. The van der Waals surface area contributed by atoms with E-state index in [2.05, 4.69) is 22.0 Å². The van der Waals surface area contributed by atoms with E-state index in [-0.39, 0.29) is 5.97 Å². The standard InChI is InChI=1S/C18H27N3O2S2/c1-18(7-4-3-5-8-18)21-11-9-20(10-12-21)17(24)19-14-6-13-25-15(14)16(22)23-2/h6,13H,3-5,7-12H2,1-2H3,(H,19,24). The number of thiophene rings is 1. The van der Waals surface area contributed by atoms with Gasteiger partial charge < -0.3 is 15.0 Å². The van der Waals surface area contributed by atoms with Gasteiger partial charge in [-0.3, -0.25) is 4.90 Å². The Morgan fingerprint density at radius 1 is 1.24 bits per heavy atom. The molecule has 1 saturated heterocycles. The third kappa shape index (κ3) is 4.15. The lowest BCUT2D eigenvalue weighted by Gasteiger charge is -2.48. The third-order valence-electron chi connectivity index (χ3n) is 5.54. The fourth-order valence-corrected chi connectivity index (χ4v) is 4.99. The number of ether oxygens (including phenoxy) is 1. The van der Waals surface area contributed by atoms with Crippen molar-refractivity contribution in [1.82, 2.24) is 9.80 Å². The Morgan fingerprint density at radius 3 is 2.56 bits per heavy atom. The van der Waals surface area contributed by atoms with E-state index in [0.29, 0.717) is 15.5 Å². The van der Waals surface area contributed by atoms with E-state index in [4.69, 9.17) is 17.0 Å². The van der Waals surface area contributed by atoms with Crippen molar-refractivity contribution >= 4 is 40.3 Å². The molecule has 0 amide bonds. The largest absolute Gasteiger partial charge is 0.465 e. The molecule has 1 aromatic heterocycles. The number of carbonyl (C=O) groups excluding carboxylic acids is 1. The Labute approximate surface area is 159 Å². The zero-order chi connectivity index (χ0) is 17.9. The second-order valence-electron chi connectivity index (χ2n) is 7.12. The molecule has 7 heteroatoms. The Bertz CT molecular complexity index is 618. The number of methoxy groups -OCH3 is 1. The van der Waals surface area contributed by atoms with Crippen LogP contribution in [-0.2, 0) is 4.74 Å². The number of nitrogens with zero attached hydrogens (tertiary/aromatic N) is 2. The highest BCUT2D eigenvalue weighted by Gasteiger charge is 2.35. The van der Waals surface area contributed by atoms with Crippen LogP contribution in [0.25, 0.3) is 0 Å². The molecule has 0 aromatic carbocycles. The SMILES string of the molecule is COC(=O)c1sccc1NC(=S)N1CCN(C2(C)CCCCC2)CC1. The average Bonchev–Trinajstić information content (AvgIpc) is 3.10. The van der Waals surface area contributed by atoms with Gasteiger partial charge in [-0.15, -0.1) is 11.3 Å². The predicted molar refractivity (Wildman–Crippen MR) is 107 cm³/mol. The topological polar surface area (TPSA) is 44.8 Å². The number of nitrogens with one attached hydrogen (secondary N) is 1. The summed E-state index contributed by atoms with van der Waals surface area (Å²) in [7, 11) is 1.40. The van der Waals surface area contributed by atoms with Gasteiger partial charge in [0.25, 0.3) is 0 Å². The van der Waals surface area contributed by atoms with Gasteiger partial charge >= 0.3 is 5.97 Å². The van der Waals surface area contributed by atoms with Crippen molar-refractivity contribution in [3.8, 4) is 0 Å². The van der Waals surface area contributed by atoms with E-state index in [1.165, 1.54) is 50.6 Å². The molecule has 5 nitrogen and oxygen atoms in total. The summed E-state index contributed by atoms with van der Waals surface area (Å²) in [6.07, 6.45) is 6.71. The van der Waals surface area contributed by atoms with Crippen molar-refractivity contribution in [3.63, 3.8) is 0 Å². The first-order valence-electron chi connectivity index (χ1n) is 9.00. The summed E-state index contributed by atoms with van der Waals surface area (Å²) < 4.78 is 4.82. The monoisotopic (exact) mass is 381 g/mol. The van der Waals surface area contributed by atoms with Crippen molar-refractivity contribution in [2.75, 3.05) is 38.6 Å². The molecule has 2 heterocycles. The third-order valence-corrected chi connectivity index (χ3v) is 6.79. The number of hydrogen-bond acceptors (Lipinski definition) is 5. The molecular formula is C18H27N3O2S2. The summed E-state index contributed by atoms with van der Waals surface area (Å²) >= 11 is 6.94. The minimum Gasteiger partial charge on any atom is -0.465 e. The Kier molecular flexibility index (Phi) is 5.96. The van der Waals surface area contributed by atoms with Crippen LogP contribution in [0.3, 0.4) is 0 Å². The van der Waals surface area contributed by atoms with Crippen LogP contribution in [0.4, 0.5) is 5.69 Å². The van der Waals surface area contributed by atoms with E-state index in [1.807, 2.05) is 11.4 Å². The number of esters is 1. The Balaban J connectivity index is 1.55. The molecule has 1 aliphatic heterocycles. The molecule has 25 heavy (non-hydrogen) atoms. The van der Waals surface area contributed by atoms with Gasteiger partial charge in [0.2, 0.25) is 0 Å². The number of hydrogen-bond donors (Lipinski definition) is 1. The van der Waals surface area contributed by atoms with Crippen LogP contribution in [0.15, 0.2) is 11.4 Å². The summed E-state index contributed by atoms with van der Waals surface area (Å²) in [4.78, 5) is 17.2. The van der Waals surface area contributed by atoms with Gasteiger partial charge in [0, 0.05) is 31.7 Å². The number of anilines is 1. The summed E-state index contributed by atoms with van der Waals surface area (Å²) in [5, 5.41) is 5.79. The van der Waals surface area contributed by atoms with Crippen molar-refractivity contribution in [1.29, 1.82) is 0 Å². The molecule has 138 valence electrons. The molecule has 1 N–H and O–H groups in total. The van der Waals surface area contributed by atoms with Crippen LogP contribution < -0.4 is 5.32 Å². The number of piperazine rings is 1. The predicted octanol–water partition coefficient (Wildman–Crippen LogP) is 3.57. The molecule has 0 unspecified atom stereocenters. The zero-order valence-electron chi connectivity index (χ0n) is 15.0. The van der Waals surface area contributed by atoms with Gasteiger partial charge in [-0.1, -0.05) is 19.3 Å². The molecular weight excluding hydrogens is 354 g/mol. The minimum atomic E-state index is -0.324. The van der Waals surface area contributed by atoms with Gasteiger partial charge in [0.05, 0.1) is 12.8 Å². The maximum Gasteiger partial charge on any atom is 0.350 e. The van der Waals surface area contributed by atoms with Gasteiger partial charge in [-0.2, -0.15) is 0 Å². The number of thiocarbonyl (C=S) groups is 1. The smallest absolute Gasteiger partial charge is 0.350 e. The van der Waals surface area contributed by atoms with Gasteiger partial charge in [0.1, 0.15) is 4.88 Å². The fourth-order valence-electron chi connectivity index (χ4n) is 3.93. The van der Waals surface area contributed by atoms with Gasteiger partial charge in [0.15, 0.2) is 5.11 Å². The molecule has 1 aliphatic carbocycles. The molecule has 1 saturated carbocycles. The summed E-state index contributed by atoms with van der Waals surface area (Å²) in [6.45, 7) is 6.38. The van der Waals surface area contributed by atoms with Crippen LogP contribution in [0.1, 0.15) is 48.7 Å². The maximum absolute atomic E-state index is 11.8. The lowest BCUT2D eigenvalue weighted by molar-refractivity contribution is 0.0358. The average molecular weight is 382 g/mol. The fraction of sp³-hybridized carbons (Fsp3) is 0.667. The molecule has 0 bridgehead atoms. The first-order chi connectivity index (χ1) is 12.0. The Hall–Kier alpha value is -1.18. The molecule has 1 aromatic rings. The second kappa shape index (κ2) is 8.01.